The van der Waals surface area contributed by atoms with Crippen molar-refractivity contribution in [1.29, 1.82) is 0 Å². The maximum atomic E-state index is 12.7. The number of hydrogen-bond donors (Lipinski definition) is 0. The molecule has 7 heteroatoms. The molecule has 0 heterocycles. The summed E-state index contributed by atoms with van der Waals surface area (Å²) in [5.74, 6) is 0. The van der Waals surface area contributed by atoms with Crippen LogP contribution >= 0.6 is 22.6 Å². The van der Waals surface area contributed by atoms with Gasteiger partial charge in [0.25, 0.3) is 0 Å². The maximum Gasteiger partial charge on any atom is 0.414 e. The molecular weight excluding hydrogens is 483 g/mol. The Kier molecular flexibility index (Phi) is 9.24. The van der Waals surface area contributed by atoms with E-state index in [-0.39, 0.29) is 0 Å². The third-order valence-electron chi connectivity index (χ3n) is 3.95. The van der Waals surface area contributed by atoms with Crippen molar-refractivity contribution < 1.29 is 19.1 Å². The molecule has 0 radical (unpaired) electrons. The summed E-state index contributed by atoms with van der Waals surface area (Å²) in [4.78, 5) is 28.1. The lowest BCUT2D eigenvalue weighted by molar-refractivity contribution is 0.0572. The fourth-order valence-electron chi connectivity index (χ4n) is 2.56. The molecule has 0 atom stereocenters. The topological polar surface area (TPSA) is 59.1 Å². The summed E-state index contributed by atoms with van der Waals surface area (Å²) in [6.07, 6.45) is 2.17. The predicted octanol–water partition coefficient (Wildman–Crippen LogP) is 6.19. The van der Waals surface area contributed by atoms with Crippen molar-refractivity contribution in [3.8, 4) is 0 Å². The largest absolute Gasteiger partial charge is 0.443 e. The molecule has 1 rings (SSSR count). The van der Waals surface area contributed by atoms with Gasteiger partial charge in [-0.2, -0.15) is 0 Å². The minimum Gasteiger partial charge on any atom is -0.443 e. The summed E-state index contributed by atoms with van der Waals surface area (Å²) in [5.41, 5.74) is 1.09. The van der Waals surface area contributed by atoms with Crippen LogP contribution in [0, 0.1) is 0 Å². The smallest absolute Gasteiger partial charge is 0.414 e. The van der Waals surface area contributed by atoms with E-state index in [0.717, 1.165) is 29.3 Å². The van der Waals surface area contributed by atoms with Crippen LogP contribution in [0.3, 0.4) is 0 Å². The molecule has 0 fully saturated rings. The van der Waals surface area contributed by atoms with Gasteiger partial charge in [-0.15, -0.1) is 0 Å². The van der Waals surface area contributed by atoms with Gasteiger partial charge in [-0.3, -0.25) is 9.80 Å². The second-order valence-corrected chi connectivity index (χ2v) is 10.1. The van der Waals surface area contributed by atoms with Crippen molar-refractivity contribution in [2.75, 3.05) is 28.3 Å². The van der Waals surface area contributed by atoms with E-state index in [1.807, 2.05) is 59.7 Å². The lowest BCUT2D eigenvalue weighted by Gasteiger charge is -2.30. The van der Waals surface area contributed by atoms with Crippen LogP contribution in [-0.2, 0) is 15.9 Å². The number of rotatable bonds is 6. The van der Waals surface area contributed by atoms with Gasteiger partial charge in [0.15, 0.2) is 0 Å². The summed E-state index contributed by atoms with van der Waals surface area (Å²) in [6, 6.07) is 5.81. The normalized spacial score (nSPS) is 11.8. The number of benzene rings is 1. The van der Waals surface area contributed by atoms with E-state index in [1.54, 1.807) is 14.1 Å². The number of amides is 2. The number of aryl methyl sites for hydroxylation is 1. The van der Waals surface area contributed by atoms with Crippen molar-refractivity contribution in [3.63, 3.8) is 0 Å². The first kappa shape index (κ1) is 25.5. The standard InChI is InChI=1S/C22H35IN2O4/c1-21(2,3)28-19(26)24(7)17-13-12-16(11-9-10-14-23)15-18(17)25(8)20(27)29-22(4,5)6/h12-13,15H,9-11,14H2,1-8H3. The van der Waals surface area contributed by atoms with Gasteiger partial charge in [-0.05, 0) is 82.9 Å². The summed E-state index contributed by atoms with van der Waals surface area (Å²) in [7, 11) is 3.30. The van der Waals surface area contributed by atoms with Crippen LogP contribution in [0.2, 0.25) is 0 Å². The minimum absolute atomic E-state index is 0.472. The quantitative estimate of drug-likeness (QED) is 0.256. The van der Waals surface area contributed by atoms with Crippen LogP contribution in [0.4, 0.5) is 21.0 Å². The Balaban J connectivity index is 3.25. The fraction of sp³-hybridized carbons (Fsp3) is 0.636. The van der Waals surface area contributed by atoms with Crippen LogP contribution in [0.5, 0.6) is 0 Å². The number of carbonyl (C=O) groups excluding carboxylic acids is 2. The molecule has 2 amide bonds. The molecule has 0 aliphatic heterocycles. The maximum absolute atomic E-state index is 12.7. The van der Waals surface area contributed by atoms with E-state index >= 15 is 0 Å². The van der Waals surface area contributed by atoms with Gasteiger partial charge < -0.3 is 9.47 Å². The summed E-state index contributed by atoms with van der Waals surface area (Å²) >= 11 is 2.37. The number of halogens is 1. The van der Waals surface area contributed by atoms with Crippen molar-refractivity contribution in [2.24, 2.45) is 0 Å². The molecule has 1 aromatic rings. The Morgan fingerprint density at radius 1 is 0.862 bits per heavy atom. The van der Waals surface area contributed by atoms with Crippen LogP contribution < -0.4 is 9.80 Å². The third-order valence-corrected chi connectivity index (χ3v) is 4.71. The van der Waals surface area contributed by atoms with Crippen molar-refractivity contribution in [3.05, 3.63) is 23.8 Å². The molecule has 0 saturated carbocycles. The molecular formula is C22H35IN2O4. The molecule has 1 aromatic carbocycles. The van der Waals surface area contributed by atoms with E-state index in [9.17, 15) is 9.59 Å². The Morgan fingerprint density at radius 2 is 1.34 bits per heavy atom. The van der Waals surface area contributed by atoms with Crippen molar-refractivity contribution in [2.45, 2.75) is 72.0 Å². The van der Waals surface area contributed by atoms with E-state index in [2.05, 4.69) is 22.6 Å². The number of hydrogen-bond acceptors (Lipinski definition) is 4. The van der Waals surface area contributed by atoms with Crippen molar-refractivity contribution in [1.82, 2.24) is 0 Å². The molecule has 29 heavy (non-hydrogen) atoms. The lowest BCUT2D eigenvalue weighted by Crippen LogP contribution is -2.37. The Morgan fingerprint density at radius 3 is 1.79 bits per heavy atom. The zero-order valence-electron chi connectivity index (χ0n) is 19.0. The average Bonchev–Trinajstić information content (AvgIpc) is 2.57. The zero-order chi connectivity index (χ0) is 22.4. The molecule has 0 aromatic heterocycles. The molecule has 6 nitrogen and oxygen atoms in total. The molecule has 0 aliphatic rings. The fourth-order valence-corrected chi connectivity index (χ4v) is 3.10. The van der Waals surface area contributed by atoms with Gasteiger partial charge in [0.05, 0.1) is 11.4 Å². The first-order valence-corrected chi connectivity index (χ1v) is 11.4. The van der Waals surface area contributed by atoms with Crippen LogP contribution in [0.1, 0.15) is 59.9 Å². The van der Waals surface area contributed by atoms with E-state index in [0.29, 0.717) is 11.4 Å². The van der Waals surface area contributed by atoms with E-state index in [1.165, 1.54) is 9.80 Å². The molecule has 0 unspecified atom stereocenters. The highest BCUT2D eigenvalue weighted by Crippen LogP contribution is 2.32. The summed E-state index contributed by atoms with van der Waals surface area (Å²) < 4.78 is 12.1. The average molecular weight is 518 g/mol. The van der Waals surface area contributed by atoms with Gasteiger partial charge in [-0.25, -0.2) is 9.59 Å². The molecule has 0 saturated heterocycles. The molecule has 0 N–H and O–H groups in total. The monoisotopic (exact) mass is 518 g/mol. The highest BCUT2D eigenvalue weighted by Gasteiger charge is 2.27. The first-order valence-electron chi connectivity index (χ1n) is 9.87. The van der Waals surface area contributed by atoms with Gasteiger partial charge in [0, 0.05) is 14.1 Å². The van der Waals surface area contributed by atoms with Crippen LogP contribution in [0.25, 0.3) is 0 Å². The molecule has 0 spiro atoms. The number of ether oxygens (including phenoxy) is 2. The number of carbonyl (C=O) groups is 2. The Hall–Kier alpha value is -1.51. The van der Waals surface area contributed by atoms with E-state index < -0.39 is 23.4 Å². The molecule has 0 aliphatic carbocycles. The highest BCUT2D eigenvalue weighted by atomic mass is 127. The number of anilines is 2. The minimum atomic E-state index is -0.611. The summed E-state index contributed by atoms with van der Waals surface area (Å²) in [5, 5.41) is 0. The lowest BCUT2D eigenvalue weighted by atomic mass is 10.1. The highest BCUT2D eigenvalue weighted by molar-refractivity contribution is 14.1. The summed E-state index contributed by atoms with van der Waals surface area (Å²) in [6.45, 7) is 10.9. The van der Waals surface area contributed by atoms with Gasteiger partial charge in [0.1, 0.15) is 11.2 Å². The number of unbranched alkanes of at least 4 members (excludes halogenated alkanes) is 1. The molecule has 164 valence electrons. The van der Waals surface area contributed by atoms with Crippen LogP contribution in [-0.4, -0.2) is 41.9 Å². The number of alkyl halides is 1. The Labute approximate surface area is 189 Å². The molecule has 0 bridgehead atoms. The predicted molar refractivity (Wildman–Crippen MR) is 128 cm³/mol. The third kappa shape index (κ3) is 8.80. The Bertz CT molecular complexity index is 708. The zero-order valence-corrected chi connectivity index (χ0v) is 21.1. The van der Waals surface area contributed by atoms with Crippen molar-refractivity contribution >= 4 is 46.2 Å². The SMILES string of the molecule is CN(C(=O)OC(C)(C)C)c1ccc(CCCCI)cc1N(C)C(=O)OC(C)(C)C. The second kappa shape index (κ2) is 10.5. The van der Waals surface area contributed by atoms with Gasteiger partial charge in [-0.1, -0.05) is 28.7 Å². The van der Waals surface area contributed by atoms with Gasteiger partial charge >= 0.3 is 12.2 Å². The second-order valence-electron chi connectivity index (χ2n) is 9.05. The number of nitrogens with zero attached hydrogens (tertiary/aromatic N) is 2. The van der Waals surface area contributed by atoms with Crippen LogP contribution in [0.15, 0.2) is 18.2 Å². The first-order chi connectivity index (χ1) is 13.2. The van der Waals surface area contributed by atoms with Gasteiger partial charge in [0.2, 0.25) is 0 Å². The van der Waals surface area contributed by atoms with E-state index in [4.69, 9.17) is 9.47 Å².